The Hall–Kier alpha value is -1.62. The zero-order chi connectivity index (χ0) is 15.1. The molecule has 0 saturated carbocycles. The second-order valence-electron chi connectivity index (χ2n) is 5.19. The molecule has 1 amide bonds. The summed E-state index contributed by atoms with van der Waals surface area (Å²) in [5, 5.41) is 2.80. The number of carbonyl (C=O) groups excluding carboxylic acids is 1. The first-order valence-electron chi connectivity index (χ1n) is 6.87. The molecule has 0 aliphatic heterocycles. The van der Waals surface area contributed by atoms with Crippen molar-refractivity contribution in [2.75, 3.05) is 13.1 Å². The predicted octanol–water partition coefficient (Wildman–Crippen LogP) is 1.87. The zero-order valence-corrected chi connectivity index (χ0v) is 12.3. The maximum atomic E-state index is 13.2. The van der Waals surface area contributed by atoms with Crippen molar-refractivity contribution in [2.24, 2.45) is 11.7 Å². The molecule has 0 aliphatic carbocycles. The van der Waals surface area contributed by atoms with Crippen LogP contribution in [0, 0.1) is 11.7 Å². The van der Waals surface area contributed by atoms with Crippen molar-refractivity contribution in [3.63, 3.8) is 0 Å². The van der Waals surface area contributed by atoms with Crippen molar-refractivity contribution in [1.82, 2.24) is 5.32 Å². The molecule has 3 N–H and O–H groups in total. The molecule has 0 aliphatic rings. The zero-order valence-electron chi connectivity index (χ0n) is 12.3. The molecule has 1 unspecified atom stereocenters. The number of hydrogen-bond donors (Lipinski definition) is 2. The summed E-state index contributed by atoms with van der Waals surface area (Å²) in [5.74, 6) is 0.369. The number of halogens is 1. The van der Waals surface area contributed by atoms with Crippen LogP contribution in [0.1, 0.15) is 26.3 Å². The summed E-state index contributed by atoms with van der Waals surface area (Å²) in [6.45, 7) is 6.71. The van der Waals surface area contributed by atoms with Crippen molar-refractivity contribution in [2.45, 2.75) is 33.3 Å². The second kappa shape index (κ2) is 7.85. The van der Waals surface area contributed by atoms with Crippen LogP contribution in [0.5, 0.6) is 5.75 Å². The second-order valence-corrected chi connectivity index (χ2v) is 5.19. The molecule has 0 saturated heterocycles. The van der Waals surface area contributed by atoms with E-state index in [-0.39, 0.29) is 11.7 Å². The molecule has 112 valence electrons. The van der Waals surface area contributed by atoms with Gasteiger partial charge in [0.2, 0.25) is 0 Å². The number of amides is 1. The SMILES string of the molecule is CC(C)CNC(=O)C(C)Oc1ccc(F)cc1CCN. The molecular formula is C15H23FN2O2. The number of nitrogens with one attached hydrogen (secondary N) is 1. The van der Waals surface area contributed by atoms with Gasteiger partial charge < -0.3 is 15.8 Å². The number of ether oxygens (including phenoxy) is 1. The van der Waals surface area contributed by atoms with Gasteiger partial charge in [-0.15, -0.1) is 0 Å². The normalized spacial score (nSPS) is 12.3. The van der Waals surface area contributed by atoms with Crippen LogP contribution in [0.25, 0.3) is 0 Å². The Labute approximate surface area is 119 Å². The lowest BCUT2D eigenvalue weighted by Crippen LogP contribution is -2.38. The minimum Gasteiger partial charge on any atom is -0.481 e. The number of benzene rings is 1. The predicted molar refractivity (Wildman–Crippen MR) is 77.1 cm³/mol. The van der Waals surface area contributed by atoms with Crippen LogP contribution in [0.2, 0.25) is 0 Å². The Balaban J connectivity index is 2.69. The van der Waals surface area contributed by atoms with Crippen LogP contribution in [0.4, 0.5) is 4.39 Å². The molecule has 20 heavy (non-hydrogen) atoms. The van der Waals surface area contributed by atoms with Crippen molar-refractivity contribution in [3.05, 3.63) is 29.6 Å². The number of nitrogens with two attached hydrogens (primary N) is 1. The van der Waals surface area contributed by atoms with Gasteiger partial charge >= 0.3 is 0 Å². The first-order valence-corrected chi connectivity index (χ1v) is 6.87. The molecule has 0 aromatic heterocycles. The highest BCUT2D eigenvalue weighted by atomic mass is 19.1. The van der Waals surface area contributed by atoms with Gasteiger partial charge in [0.15, 0.2) is 6.10 Å². The van der Waals surface area contributed by atoms with Gasteiger partial charge in [-0.2, -0.15) is 0 Å². The molecule has 4 nitrogen and oxygen atoms in total. The third-order valence-corrected chi connectivity index (χ3v) is 2.79. The smallest absolute Gasteiger partial charge is 0.260 e. The van der Waals surface area contributed by atoms with E-state index in [1.165, 1.54) is 18.2 Å². The average molecular weight is 282 g/mol. The highest BCUT2D eigenvalue weighted by Crippen LogP contribution is 2.21. The summed E-state index contributed by atoms with van der Waals surface area (Å²) in [7, 11) is 0. The maximum absolute atomic E-state index is 13.2. The fraction of sp³-hybridized carbons (Fsp3) is 0.533. The summed E-state index contributed by atoms with van der Waals surface area (Å²) in [4.78, 5) is 11.9. The average Bonchev–Trinajstić information content (AvgIpc) is 2.39. The number of rotatable bonds is 7. The van der Waals surface area contributed by atoms with E-state index in [4.69, 9.17) is 10.5 Å². The summed E-state index contributed by atoms with van der Waals surface area (Å²) in [6, 6.07) is 4.24. The Bertz CT molecular complexity index is 449. The first kappa shape index (κ1) is 16.4. The van der Waals surface area contributed by atoms with Crippen molar-refractivity contribution < 1.29 is 13.9 Å². The van der Waals surface area contributed by atoms with E-state index in [9.17, 15) is 9.18 Å². The van der Waals surface area contributed by atoms with Crippen molar-refractivity contribution >= 4 is 5.91 Å². The van der Waals surface area contributed by atoms with Crippen LogP contribution in [0.3, 0.4) is 0 Å². The van der Waals surface area contributed by atoms with Gasteiger partial charge in [-0.05, 0) is 49.6 Å². The molecule has 1 atom stereocenters. The first-order chi connectivity index (χ1) is 9.43. The van der Waals surface area contributed by atoms with Crippen LogP contribution in [0.15, 0.2) is 18.2 Å². The molecule has 5 heteroatoms. The van der Waals surface area contributed by atoms with Gasteiger partial charge in [0, 0.05) is 6.54 Å². The van der Waals surface area contributed by atoms with Crippen molar-refractivity contribution in [3.8, 4) is 5.75 Å². The largest absolute Gasteiger partial charge is 0.481 e. The van der Waals surface area contributed by atoms with E-state index in [2.05, 4.69) is 5.32 Å². The fourth-order valence-electron chi connectivity index (χ4n) is 1.71. The standard InChI is InChI=1S/C15H23FN2O2/c1-10(2)9-18-15(19)11(3)20-14-5-4-13(16)8-12(14)6-7-17/h4-5,8,10-11H,6-7,9,17H2,1-3H3,(H,18,19). The summed E-state index contributed by atoms with van der Waals surface area (Å²) >= 11 is 0. The van der Waals surface area contributed by atoms with Crippen LogP contribution < -0.4 is 15.8 Å². The van der Waals surface area contributed by atoms with E-state index < -0.39 is 6.10 Å². The van der Waals surface area contributed by atoms with E-state index in [1.807, 2.05) is 13.8 Å². The highest BCUT2D eigenvalue weighted by Gasteiger charge is 2.16. The molecule has 1 rings (SSSR count). The minimum atomic E-state index is -0.629. The van der Waals surface area contributed by atoms with Gasteiger partial charge in [0.1, 0.15) is 11.6 Å². The summed E-state index contributed by atoms with van der Waals surface area (Å²) in [6.07, 6.45) is -0.122. The van der Waals surface area contributed by atoms with Gasteiger partial charge in [-0.25, -0.2) is 4.39 Å². The lowest BCUT2D eigenvalue weighted by atomic mass is 10.1. The van der Waals surface area contributed by atoms with E-state index in [0.717, 1.165) is 0 Å². The van der Waals surface area contributed by atoms with Gasteiger partial charge in [0.25, 0.3) is 5.91 Å². The van der Waals surface area contributed by atoms with Gasteiger partial charge in [-0.3, -0.25) is 4.79 Å². The third-order valence-electron chi connectivity index (χ3n) is 2.79. The Morgan fingerprint density at radius 3 is 2.70 bits per heavy atom. The topological polar surface area (TPSA) is 64.3 Å². The summed E-state index contributed by atoms with van der Waals surface area (Å²) < 4.78 is 18.8. The van der Waals surface area contributed by atoms with Crippen LogP contribution in [-0.4, -0.2) is 25.1 Å². The Morgan fingerprint density at radius 2 is 2.10 bits per heavy atom. The molecular weight excluding hydrogens is 259 g/mol. The van der Waals surface area contributed by atoms with Crippen molar-refractivity contribution in [1.29, 1.82) is 0 Å². The van der Waals surface area contributed by atoms with E-state index >= 15 is 0 Å². The van der Waals surface area contributed by atoms with Gasteiger partial charge in [-0.1, -0.05) is 13.8 Å². The van der Waals surface area contributed by atoms with E-state index in [0.29, 0.717) is 36.7 Å². The quantitative estimate of drug-likeness (QED) is 0.802. The third kappa shape index (κ3) is 5.17. The van der Waals surface area contributed by atoms with Gasteiger partial charge in [0.05, 0.1) is 0 Å². The number of hydrogen-bond acceptors (Lipinski definition) is 3. The molecule has 0 heterocycles. The van der Waals surface area contributed by atoms with Crippen LogP contribution in [-0.2, 0) is 11.2 Å². The molecule has 0 radical (unpaired) electrons. The monoisotopic (exact) mass is 282 g/mol. The molecule has 0 fully saturated rings. The van der Waals surface area contributed by atoms with Crippen LogP contribution >= 0.6 is 0 Å². The molecule has 1 aromatic carbocycles. The molecule has 1 aromatic rings. The Kier molecular flexibility index (Phi) is 6.45. The Morgan fingerprint density at radius 1 is 1.40 bits per heavy atom. The highest BCUT2D eigenvalue weighted by molar-refractivity contribution is 5.80. The summed E-state index contributed by atoms with van der Waals surface area (Å²) in [5.41, 5.74) is 6.17. The minimum absolute atomic E-state index is 0.179. The fourth-order valence-corrected chi connectivity index (χ4v) is 1.71. The molecule has 0 bridgehead atoms. The van der Waals surface area contributed by atoms with E-state index in [1.54, 1.807) is 6.92 Å². The maximum Gasteiger partial charge on any atom is 0.260 e. The lowest BCUT2D eigenvalue weighted by Gasteiger charge is -2.18. The molecule has 0 spiro atoms. The lowest BCUT2D eigenvalue weighted by molar-refractivity contribution is -0.127. The number of carbonyl (C=O) groups is 1.